The Labute approximate surface area is 266 Å². The molecule has 0 aliphatic carbocycles. The smallest absolute Gasteiger partial charge is 0.330 e. The molecule has 1 aliphatic heterocycles. The molecule has 5 rings (SSSR count). The van der Waals surface area contributed by atoms with E-state index in [0.29, 0.717) is 17.1 Å². The Morgan fingerprint density at radius 3 is 2.11 bits per heavy atom. The zero-order valence-corrected chi connectivity index (χ0v) is 25.9. The lowest BCUT2D eigenvalue weighted by atomic mass is 9.80. The maximum Gasteiger partial charge on any atom is 0.330 e. The second-order valence-electron chi connectivity index (χ2n) is 10.9. The molecule has 0 bridgehead atoms. The van der Waals surface area contributed by atoms with Crippen LogP contribution in [0.1, 0.15) is 47.7 Å². The Balaban J connectivity index is 1.57. The zero-order chi connectivity index (χ0) is 32.7. The Morgan fingerprint density at radius 1 is 0.957 bits per heavy atom. The number of hydrogen-bond donors (Lipinski definition) is 1. The van der Waals surface area contributed by atoms with Gasteiger partial charge in [-0.3, -0.25) is 19.1 Å². The maximum absolute atomic E-state index is 12.8. The summed E-state index contributed by atoms with van der Waals surface area (Å²) in [5.74, 6) is 3.33. The number of H-pyrrole nitrogens is 1. The van der Waals surface area contributed by atoms with Crippen LogP contribution in [-0.2, 0) is 24.6 Å². The van der Waals surface area contributed by atoms with Gasteiger partial charge in [-0.1, -0.05) is 54.6 Å². The molecule has 46 heavy (non-hydrogen) atoms. The quantitative estimate of drug-likeness (QED) is 0.139. The van der Waals surface area contributed by atoms with Crippen molar-refractivity contribution in [1.29, 1.82) is 0 Å². The summed E-state index contributed by atoms with van der Waals surface area (Å²) in [5, 5.41) is 0. The molecule has 0 radical (unpaired) electrons. The molecule has 0 unspecified atom stereocenters. The fraction of sp³-hybridized carbons (Fsp3) is 0.306. The molecular weight excluding hydrogens is 588 g/mol. The molecule has 2 heterocycles. The van der Waals surface area contributed by atoms with E-state index < -0.39 is 41.3 Å². The van der Waals surface area contributed by atoms with Gasteiger partial charge in [0.1, 0.15) is 35.5 Å². The molecule has 1 N–H and O–H groups in total. The molecule has 3 atom stereocenters. The summed E-state index contributed by atoms with van der Waals surface area (Å²) in [5.41, 5.74) is 0.550. The first-order chi connectivity index (χ1) is 22.3. The Hall–Kier alpha value is -5.11. The second kappa shape index (κ2) is 14.3. The number of aromatic amines is 1. The lowest BCUT2D eigenvalue weighted by Gasteiger charge is -2.37. The molecule has 0 amide bonds. The summed E-state index contributed by atoms with van der Waals surface area (Å²) in [4.78, 5) is 39.9. The number of ether oxygens (including phenoxy) is 5. The van der Waals surface area contributed by atoms with Crippen LogP contribution in [0.2, 0.25) is 0 Å². The van der Waals surface area contributed by atoms with Gasteiger partial charge in [-0.2, -0.15) is 0 Å². The van der Waals surface area contributed by atoms with Crippen molar-refractivity contribution in [2.45, 2.75) is 50.2 Å². The molecule has 10 nitrogen and oxygen atoms in total. The number of nitrogens with one attached hydrogen (secondary N) is 1. The third-order valence-electron chi connectivity index (χ3n) is 8.03. The average Bonchev–Trinajstić information content (AvgIpc) is 3.48. The molecule has 1 saturated heterocycles. The fourth-order valence-corrected chi connectivity index (χ4v) is 5.63. The van der Waals surface area contributed by atoms with E-state index in [0.717, 1.165) is 16.7 Å². The first kappa shape index (κ1) is 32.3. The number of rotatable bonds is 12. The number of terminal acetylenes is 1. The van der Waals surface area contributed by atoms with Gasteiger partial charge in [0.25, 0.3) is 5.56 Å². The van der Waals surface area contributed by atoms with Crippen LogP contribution in [0.15, 0.2) is 94.6 Å². The van der Waals surface area contributed by atoms with Crippen molar-refractivity contribution in [2.24, 2.45) is 0 Å². The zero-order valence-electron chi connectivity index (χ0n) is 25.9. The van der Waals surface area contributed by atoms with Crippen molar-refractivity contribution in [3.05, 3.63) is 128 Å². The van der Waals surface area contributed by atoms with Crippen molar-refractivity contribution in [3.63, 3.8) is 0 Å². The van der Waals surface area contributed by atoms with Crippen LogP contribution >= 0.6 is 0 Å². The van der Waals surface area contributed by atoms with E-state index in [-0.39, 0.29) is 25.9 Å². The molecule has 0 saturated carbocycles. The predicted octanol–water partition coefficient (Wildman–Crippen LogP) is 4.48. The lowest BCUT2D eigenvalue weighted by molar-refractivity contribution is -0.155. The molecule has 4 aromatic rings. The lowest BCUT2D eigenvalue weighted by Crippen LogP contribution is -2.39. The molecule has 1 fully saturated rings. The van der Waals surface area contributed by atoms with Gasteiger partial charge in [-0.05, 0) is 47.9 Å². The van der Waals surface area contributed by atoms with E-state index in [1.54, 1.807) is 21.1 Å². The molecule has 0 spiro atoms. The van der Waals surface area contributed by atoms with Crippen LogP contribution in [-0.4, -0.2) is 48.6 Å². The summed E-state index contributed by atoms with van der Waals surface area (Å²) < 4.78 is 31.4. The number of hydrogen-bond acceptors (Lipinski definition) is 8. The van der Waals surface area contributed by atoms with Gasteiger partial charge >= 0.3 is 11.7 Å². The maximum atomic E-state index is 12.8. The number of esters is 1. The minimum Gasteiger partial charge on any atom is -0.497 e. The Bertz CT molecular complexity index is 1740. The summed E-state index contributed by atoms with van der Waals surface area (Å²) in [6.45, 7) is 1.56. The average molecular weight is 625 g/mol. The molecule has 3 aromatic carbocycles. The SMILES string of the molecule is C#CCCC(=O)O[C@H]1C[C@H](n2cc(C)c(=O)[nH]c2=O)O[C@@H]1COC(c1ccccc1)(c1ccc(OC)cc1)c1ccc(OC)cc1. The predicted molar refractivity (Wildman–Crippen MR) is 171 cm³/mol. The van der Waals surface area contributed by atoms with Crippen LogP contribution in [0.3, 0.4) is 0 Å². The fourth-order valence-electron chi connectivity index (χ4n) is 5.63. The van der Waals surface area contributed by atoms with E-state index in [9.17, 15) is 14.4 Å². The van der Waals surface area contributed by atoms with Gasteiger partial charge in [0.15, 0.2) is 0 Å². The van der Waals surface area contributed by atoms with E-state index in [2.05, 4.69) is 10.9 Å². The highest BCUT2D eigenvalue weighted by Crippen LogP contribution is 2.43. The van der Waals surface area contributed by atoms with Gasteiger partial charge in [-0.15, -0.1) is 12.3 Å². The first-order valence-electron chi connectivity index (χ1n) is 14.9. The normalized spacial score (nSPS) is 17.7. The number of aromatic nitrogens is 2. The standard InChI is InChI=1S/C36H36N2O8/c1-5-6-12-33(39)46-30-21-32(38-22-24(2)34(40)37-35(38)41)45-31(30)23-44-36(25-10-8-7-9-11-25,26-13-17-28(42-3)18-14-26)27-15-19-29(43-4)20-16-27/h1,7-11,13-20,22,30-32H,6,12,21,23H2,2-4H3,(H,37,40,41)/t30-,31+,32+/m0/s1. The third-order valence-corrected chi connectivity index (χ3v) is 8.03. The minimum atomic E-state index is -1.15. The second-order valence-corrected chi connectivity index (χ2v) is 10.9. The number of benzene rings is 3. The van der Waals surface area contributed by atoms with Crippen LogP contribution in [0.25, 0.3) is 0 Å². The number of methoxy groups -OCH3 is 2. The van der Waals surface area contributed by atoms with Crippen LogP contribution < -0.4 is 20.7 Å². The third kappa shape index (κ3) is 6.76. The van der Waals surface area contributed by atoms with Crippen LogP contribution in [0.5, 0.6) is 11.5 Å². The molecule has 238 valence electrons. The number of carbonyl (C=O) groups excluding carboxylic acids is 1. The Morgan fingerprint density at radius 2 is 1.54 bits per heavy atom. The molecule has 1 aromatic heterocycles. The van der Waals surface area contributed by atoms with Gasteiger partial charge in [0.05, 0.1) is 27.2 Å². The number of aryl methyl sites for hydroxylation is 1. The van der Waals surface area contributed by atoms with Crippen LogP contribution in [0, 0.1) is 19.3 Å². The largest absolute Gasteiger partial charge is 0.497 e. The van der Waals surface area contributed by atoms with E-state index in [1.165, 1.54) is 10.8 Å². The van der Waals surface area contributed by atoms with Crippen molar-refractivity contribution < 1.29 is 28.5 Å². The summed E-state index contributed by atoms with van der Waals surface area (Å²) in [6, 6.07) is 25.0. The number of nitrogens with zero attached hydrogens (tertiary/aromatic N) is 1. The van der Waals surface area contributed by atoms with Gasteiger partial charge in [-0.25, -0.2) is 4.79 Å². The molecule has 10 heteroatoms. The van der Waals surface area contributed by atoms with Crippen molar-refractivity contribution >= 4 is 5.97 Å². The monoisotopic (exact) mass is 624 g/mol. The number of carbonyl (C=O) groups is 1. The highest BCUT2D eigenvalue weighted by molar-refractivity contribution is 5.70. The summed E-state index contributed by atoms with van der Waals surface area (Å²) >= 11 is 0. The van der Waals surface area contributed by atoms with E-state index in [1.807, 2.05) is 78.9 Å². The topological polar surface area (TPSA) is 118 Å². The molecular formula is C36H36N2O8. The van der Waals surface area contributed by atoms with Gasteiger partial charge in [0, 0.05) is 24.6 Å². The van der Waals surface area contributed by atoms with Crippen LogP contribution in [0.4, 0.5) is 0 Å². The minimum absolute atomic E-state index is 0.0341. The van der Waals surface area contributed by atoms with Gasteiger partial charge in [0.2, 0.25) is 0 Å². The van der Waals surface area contributed by atoms with Crippen molar-refractivity contribution in [2.75, 3.05) is 20.8 Å². The highest BCUT2D eigenvalue weighted by Gasteiger charge is 2.44. The Kier molecular flexibility index (Phi) is 10.1. The summed E-state index contributed by atoms with van der Waals surface area (Å²) in [6.07, 6.45) is 4.85. The van der Waals surface area contributed by atoms with Crippen molar-refractivity contribution in [3.8, 4) is 23.8 Å². The van der Waals surface area contributed by atoms with Gasteiger partial charge < -0.3 is 23.7 Å². The highest BCUT2D eigenvalue weighted by atomic mass is 16.6. The first-order valence-corrected chi connectivity index (χ1v) is 14.9. The summed E-state index contributed by atoms with van der Waals surface area (Å²) in [7, 11) is 3.21. The van der Waals surface area contributed by atoms with Crippen molar-refractivity contribution in [1.82, 2.24) is 9.55 Å². The van der Waals surface area contributed by atoms with E-state index in [4.69, 9.17) is 30.1 Å². The van der Waals surface area contributed by atoms with E-state index >= 15 is 0 Å². The molecule has 1 aliphatic rings.